The monoisotopic (exact) mass is 385 g/mol. The summed E-state index contributed by atoms with van der Waals surface area (Å²) in [5.41, 5.74) is 1.39. The van der Waals surface area contributed by atoms with Gasteiger partial charge in [0.2, 0.25) is 0 Å². The van der Waals surface area contributed by atoms with E-state index in [0.29, 0.717) is 17.2 Å². The molecule has 0 fully saturated rings. The van der Waals surface area contributed by atoms with Crippen LogP contribution in [-0.4, -0.2) is 57.6 Å². The molecule has 27 heavy (non-hydrogen) atoms. The Hall–Kier alpha value is -3.34. The molecular weight excluding hydrogens is 370 g/mol. The molecule has 11 heteroatoms. The molecule has 0 bridgehead atoms. The maximum Gasteiger partial charge on any atom is 0.259 e. The molecule has 2 aliphatic heterocycles. The molecular formula is C16H15N7O3S. The Kier molecular flexibility index (Phi) is 4.07. The molecule has 0 spiro atoms. The molecule has 2 aliphatic rings. The number of hydrogen-bond donors (Lipinski definition) is 1. The van der Waals surface area contributed by atoms with Crippen molar-refractivity contribution in [1.29, 1.82) is 0 Å². The number of tetrazole rings is 1. The molecule has 2 aromatic rings. The maximum absolute atomic E-state index is 12.7. The van der Waals surface area contributed by atoms with Crippen molar-refractivity contribution in [2.24, 2.45) is 4.40 Å². The predicted octanol–water partition coefficient (Wildman–Crippen LogP) is 0.407. The lowest BCUT2D eigenvalue weighted by Crippen LogP contribution is -2.40. The Bertz CT molecular complexity index is 1110. The number of rotatable bonds is 3. The zero-order valence-electron chi connectivity index (χ0n) is 14.3. The fraction of sp³-hybridized carbons (Fsp3) is 0.188. The van der Waals surface area contributed by atoms with Gasteiger partial charge in [-0.2, -0.15) is 4.68 Å². The largest absolute Gasteiger partial charge is 0.331 e. The first kappa shape index (κ1) is 17.1. The minimum absolute atomic E-state index is 0.0803. The highest BCUT2D eigenvalue weighted by molar-refractivity contribution is 7.90. The van der Waals surface area contributed by atoms with Crippen molar-refractivity contribution in [2.45, 2.75) is 6.92 Å². The number of amidine groups is 1. The number of amides is 1. The third-order valence-electron chi connectivity index (χ3n) is 4.08. The molecule has 1 aromatic carbocycles. The highest BCUT2D eigenvalue weighted by Gasteiger charge is 2.30. The van der Waals surface area contributed by atoms with E-state index in [1.807, 2.05) is 0 Å². The van der Waals surface area contributed by atoms with Gasteiger partial charge in [0.1, 0.15) is 0 Å². The van der Waals surface area contributed by atoms with Crippen molar-refractivity contribution in [3.05, 3.63) is 54.0 Å². The van der Waals surface area contributed by atoms with E-state index >= 15 is 0 Å². The van der Waals surface area contributed by atoms with Crippen LogP contribution in [0.4, 0.5) is 5.69 Å². The van der Waals surface area contributed by atoms with Gasteiger partial charge in [0.05, 0.1) is 17.0 Å². The van der Waals surface area contributed by atoms with Gasteiger partial charge >= 0.3 is 0 Å². The van der Waals surface area contributed by atoms with Crippen LogP contribution in [0.5, 0.6) is 0 Å². The zero-order chi connectivity index (χ0) is 19.0. The number of aryl methyl sites for hydroxylation is 1. The second kappa shape index (κ2) is 6.43. The molecule has 1 N–H and O–H groups in total. The number of sulfonamides is 1. The van der Waals surface area contributed by atoms with Crippen LogP contribution in [0.2, 0.25) is 0 Å². The first-order valence-corrected chi connectivity index (χ1v) is 9.69. The summed E-state index contributed by atoms with van der Waals surface area (Å²) < 4.78 is 28.9. The van der Waals surface area contributed by atoms with Crippen molar-refractivity contribution < 1.29 is 13.2 Å². The number of fused-ring (bicyclic) bond motifs is 1. The first-order valence-electron chi connectivity index (χ1n) is 8.08. The smallest absolute Gasteiger partial charge is 0.259 e. The fourth-order valence-corrected chi connectivity index (χ4v) is 3.76. The highest BCUT2D eigenvalue weighted by Crippen LogP contribution is 2.20. The number of nitrogens with one attached hydrogen (secondary N) is 1. The number of benzene rings is 1. The highest BCUT2D eigenvalue weighted by atomic mass is 32.2. The van der Waals surface area contributed by atoms with Crippen LogP contribution in [0.25, 0.3) is 5.69 Å². The molecule has 0 atom stereocenters. The molecule has 3 heterocycles. The van der Waals surface area contributed by atoms with Crippen LogP contribution in [0.3, 0.4) is 0 Å². The molecule has 0 saturated heterocycles. The standard InChI is InChI=1S/C16H15N7O3S/c1-11-18-20-21-23(11)13-5-2-4-12(10-13)17-16(24)14-6-3-7-22-8-9-27(25,26)19-15(14)22/h2-7,10H,8-9H2,1H3,(H,17,24). The van der Waals surface area contributed by atoms with Gasteiger partial charge in [0.15, 0.2) is 11.7 Å². The Morgan fingerprint density at radius 1 is 1.30 bits per heavy atom. The lowest BCUT2D eigenvalue weighted by Gasteiger charge is -2.28. The summed E-state index contributed by atoms with van der Waals surface area (Å²) in [6, 6.07) is 7.01. The van der Waals surface area contributed by atoms with E-state index in [2.05, 4.69) is 25.2 Å². The van der Waals surface area contributed by atoms with Crippen LogP contribution in [0, 0.1) is 6.92 Å². The van der Waals surface area contributed by atoms with Crippen molar-refractivity contribution in [3.8, 4) is 5.69 Å². The quantitative estimate of drug-likeness (QED) is 0.812. The van der Waals surface area contributed by atoms with E-state index < -0.39 is 15.9 Å². The van der Waals surface area contributed by atoms with Gasteiger partial charge in [-0.1, -0.05) is 6.07 Å². The van der Waals surface area contributed by atoms with Crippen LogP contribution in [0.1, 0.15) is 5.82 Å². The minimum atomic E-state index is -3.57. The average Bonchev–Trinajstić information content (AvgIpc) is 3.06. The van der Waals surface area contributed by atoms with Gasteiger partial charge < -0.3 is 10.2 Å². The molecule has 1 aromatic heterocycles. The van der Waals surface area contributed by atoms with Crippen LogP contribution >= 0.6 is 0 Å². The summed E-state index contributed by atoms with van der Waals surface area (Å²) in [4.78, 5) is 14.4. The minimum Gasteiger partial charge on any atom is -0.331 e. The topological polar surface area (TPSA) is 122 Å². The number of aromatic nitrogens is 4. The molecule has 138 valence electrons. The Balaban J connectivity index is 1.61. The normalized spacial score (nSPS) is 17.7. The average molecular weight is 385 g/mol. The Labute approximate surface area is 154 Å². The summed E-state index contributed by atoms with van der Waals surface area (Å²) >= 11 is 0. The number of hydrogen-bond acceptors (Lipinski definition) is 7. The SMILES string of the molecule is Cc1nnnn1-c1cccc(NC(=O)C2=CC=CN3CCS(=O)(=O)N=C23)c1. The predicted molar refractivity (Wildman–Crippen MR) is 97.7 cm³/mol. The maximum atomic E-state index is 12.7. The molecule has 0 radical (unpaired) electrons. The third kappa shape index (κ3) is 3.36. The number of anilines is 1. The second-order valence-corrected chi connectivity index (χ2v) is 7.71. The fourth-order valence-electron chi connectivity index (χ4n) is 2.78. The van der Waals surface area contributed by atoms with E-state index in [0.717, 1.165) is 0 Å². The molecule has 0 saturated carbocycles. The Morgan fingerprint density at radius 3 is 2.93 bits per heavy atom. The zero-order valence-corrected chi connectivity index (χ0v) is 15.1. The first-order chi connectivity index (χ1) is 12.9. The molecule has 10 nitrogen and oxygen atoms in total. The lowest BCUT2D eigenvalue weighted by atomic mass is 10.1. The van der Waals surface area contributed by atoms with Crippen molar-refractivity contribution >= 4 is 27.5 Å². The summed E-state index contributed by atoms with van der Waals surface area (Å²) in [5, 5.41) is 14.1. The summed E-state index contributed by atoms with van der Waals surface area (Å²) in [6.07, 6.45) is 4.93. The van der Waals surface area contributed by atoms with Gasteiger partial charge in [-0.15, -0.1) is 9.50 Å². The van der Waals surface area contributed by atoms with Gasteiger partial charge in [0, 0.05) is 18.4 Å². The van der Waals surface area contributed by atoms with Gasteiger partial charge in [-0.05, 0) is 47.7 Å². The van der Waals surface area contributed by atoms with E-state index in [4.69, 9.17) is 0 Å². The van der Waals surface area contributed by atoms with Gasteiger partial charge in [-0.3, -0.25) is 4.79 Å². The summed E-state index contributed by atoms with van der Waals surface area (Å²) in [7, 11) is -3.57. The van der Waals surface area contributed by atoms with E-state index in [-0.39, 0.29) is 23.7 Å². The van der Waals surface area contributed by atoms with Gasteiger partial charge in [-0.25, -0.2) is 8.42 Å². The van der Waals surface area contributed by atoms with Crippen LogP contribution < -0.4 is 5.32 Å². The summed E-state index contributed by atoms with van der Waals surface area (Å²) in [5.74, 6) is 0.207. The Morgan fingerprint density at radius 2 is 2.15 bits per heavy atom. The molecule has 0 aliphatic carbocycles. The second-order valence-electron chi connectivity index (χ2n) is 5.96. The number of carbonyl (C=O) groups is 1. The van der Waals surface area contributed by atoms with E-state index in [1.54, 1.807) is 54.4 Å². The summed E-state index contributed by atoms with van der Waals surface area (Å²) in [6.45, 7) is 2.02. The van der Waals surface area contributed by atoms with E-state index in [9.17, 15) is 13.2 Å². The molecule has 1 amide bonds. The van der Waals surface area contributed by atoms with Crippen LogP contribution in [-0.2, 0) is 14.8 Å². The van der Waals surface area contributed by atoms with E-state index in [1.165, 1.54) is 4.68 Å². The van der Waals surface area contributed by atoms with Crippen LogP contribution in [0.15, 0.2) is 52.6 Å². The number of carbonyl (C=O) groups excluding carboxylic acids is 1. The lowest BCUT2D eigenvalue weighted by molar-refractivity contribution is -0.112. The molecule has 0 unspecified atom stereocenters. The van der Waals surface area contributed by atoms with Crippen molar-refractivity contribution in [3.63, 3.8) is 0 Å². The number of nitrogens with zero attached hydrogens (tertiary/aromatic N) is 6. The van der Waals surface area contributed by atoms with Gasteiger partial charge in [0.25, 0.3) is 15.9 Å². The van der Waals surface area contributed by atoms with Crippen molar-refractivity contribution in [1.82, 2.24) is 25.1 Å². The third-order valence-corrected chi connectivity index (χ3v) is 5.23. The van der Waals surface area contributed by atoms with Crippen molar-refractivity contribution in [2.75, 3.05) is 17.6 Å². The molecule has 4 rings (SSSR count). The number of allylic oxidation sites excluding steroid dienone is 2.